The topological polar surface area (TPSA) is 112 Å². The van der Waals surface area contributed by atoms with Crippen LogP contribution in [0.25, 0.3) is 0 Å². The number of H-pyrrole nitrogens is 1. The number of aromatic amines is 1. The molecule has 0 radical (unpaired) electrons. The maximum atomic E-state index is 12.7. The molecule has 1 N–H and O–H groups in total. The number of non-ortho nitro benzene ring substituents is 1. The Hall–Kier alpha value is -3.16. The molecule has 0 fully saturated rings. The number of aromatic nitrogens is 1. The van der Waals surface area contributed by atoms with Gasteiger partial charge in [0, 0.05) is 11.8 Å². The van der Waals surface area contributed by atoms with Gasteiger partial charge in [-0.3, -0.25) is 14.9 Å². The number of benzene rings is 1. The summed E-state index contributed by atoms with van der Waals surface area (Å²) in [6.45, 7) is 6.82. The number of aryl methyl sites for hydroxylation is 1. The molecule has 0 spiro atoms. The van der Waals surface area contributed by atoms with E-state index in [0.717, 1.165) is 0 Å². The standard InChI is InChI=1S/C18H20N2O6/c1-5-25-18(22)15-10(2)16(19-11(15)3)17(21)12(4)26-14-8-6-7-13(9-14)20(23)24/h6-9,12,19H,5H2,1-4H3/t12-/m1/s1. The van der Waals surface area contributed by atoms with Gasteiger partial charge in [-0.15, -0.1) is 0 Å². The van der Waals surface area contributed by atoms with Crippen LogP contribution in [-0.4, -0.2) is 34.4 Å². The van der Waals surface area contributed by atoms with Gasteiger partial charge in [0.15, 0.2) is 6.10 Å². The van der Waals surface area contributed by atoms with E-state index in [4.69, 9.17) is 9.47 Å². The van der Waals surface area contributed by atoms with Gasteiger partial charge in [0.05, 0.1) is 28.9 Å². The molecular formula is C18H20N2O6. The first-order chi connectivity index (χ1) is 12.3. The van der Waals surface area contributed by atoms with E-state index in [9.17, 15) is 19.7 Å². The number of ketones is 1. The van der Waals surface area contributed by atoms with Crippen LogP contribution in [0.3, 0.4) is 0 Å². The number of hydrogen-bond donors (Lipinski definition) is 1. The van der Waals surface area contributed by atoms with E-state index < -0.39 is 17.0 Å². The number of esters is 1. The highest BCUT2D eigenvalue weighted by atomic mass is 16.6. The number of ether oxygens (including phenoxy) is 2. The minimum atomic E-state index is -0.899. The minimum Gasteiger partial charge on any atom is -0.482 e. The Kier molecular flexibility index (Phi) is 5.76. The number of nitro benzene ring substituents is 1. The van der Waals surface area contributed by atoms with Crippen molar-refractivity contribution in [2.75, 3.05) is 6.61 Å². The first kappa shape index (κ1) is 19.2. The van der Waals surface area contributed by atoms with E-state index >= 15 is 0 Å². The molecule has 0 bridgehead atoms. The van der Waals surface area contributed by atoms with Gasteiger partial charge in [0.25, 0.3) is 5.69 Å². The highest BCUT2D eigenvalue weighted by Crippen LogP contribution is 2.23. The van der Waals surface area contributed by atoms with Crippen molar-refractivity contribution < 1.29 is 24.0 Å². The normalized spacial score (nSPS) is 11.7. The Balaban J connectivity index is 2.23. The first-order valence-electron chi connectivity index (χ1n) is 8.07. The molecule has 1 heterocycles. The zero-order valence-corrected chi connectivity index (χ0v) is 15.0. The van der Waals surface area contributed by atoms with Gasteiger partial charge < -0.3 is 14.5 Å². The predicted octanol–water partition coefficient (Wildman–Crippen LogP) is 3.37. The van der Waals surface area contributed by atoms with Gasteiger partial charge in [-0.1, -0.05) is 6.07 Å². The summed E-state index contributed by atoms with van der Waals surface area (Å²) in [5.74, 6) is -0.649. The van der Waals surface area contributed by atoms with E-state index in [2.05, 4.69) is 4.98 Å². The Morgan fingerprint density at radius 3 is 2.62 bits per heavy atom. The van der Waals surface area contributed by atoms with Crippen molar-refractivity contribution in [3.05, 3.63) is 56.9 Å². The molecule has 26 heavy (non-hydrogen) atoms. The molecule has 0 aliphatic carbocycles. The Morgan fingerprint density at radius 2 is 2.00 bits per heavy atom. The van der Waals surface area contributed by atoms with Crippen molar-refractivity contribution in [2.24, 2.45) is 0 Å². The van der Waals surface area contributed by atoms with Crippen LogP contribution in [0.2, 0.25) is 0 Å². The van der Waals surface area contributed by atoms with Crippen molar-refractivity contribution in [3.8, 4) is 5.75 Å². The highest BCUT2D eigenvalue weighted by Gasteiger charge is 2.26. The molecule has 2 rings (SSSR count). The molecule has 0 aliphatic rings. The lowest BCUT2D eigenvalue weighted by Gasteiger charge is -2.13. The largest absolute Gasteiger partial charge is 0.482 e. The third-order valence-corrected chi connectivity index (χ3v) is 3.87. The van der Waals surface area contributed by atoms with Gasteiger partial charge in [-0.2, -0.15) is 0 Å². The minimum absolute atomic E-state index is 0.126. The molecule has 138 valence electrons. The molecule has 8 heteroatoms. The Bertz CT molecular complexity index is 855. The fourth-order valence-electron chi connectivity index (χ4n) is 2.64. The zero-order chi connectivity index (χ0) is 19.4. The number of carbonyl (C=O) groups is 2. The predicted molar refractivity (Wildman–Crippen MR) is 93.7 cm³/mol. The molecule has 8 nitrogen and oxygen atoms in total. The lowest BCUT2D eigenvalue weighted by atomic mass is 10.1. The monoisotopic (exact) mass is 360 g/mol. The number of nitrogens with one attached hydrogen (secondary N) is 1. The van der Waals surface area contributed by atoms with Crippen LogP contribution in [-0.2, 0) is 4.74 Å². The van der Waals surface area contributed by atoms with Gasteiger partial charge in [0.2, 0.25) is 5.78 Å². The molecule has 0 amide bonds. The van der Waals surface area contributed by atoms with E-state index in [-0.39, 0.29) is 29.5 Å². The fourth-order valence-corrected chi connectivity index (χ4v) is 2.64. The van der Waals surface area contributed by atoms with Crippen LogP contribution >= 0.6 is 0 Å². The SMILES string of the molecule is CCOC(=O)c1c(C)[nH]c(C(=O)[C@@H](C)Oc2cccc([N+](=O)[O-])c2)c1C. The van der Waals surface area contributed by atoms with Crippen LogP contribution in [0.15, 0.2) is 24.3 Å². The maximum Gasteiger partial charge on any atom is 0.340 e. The number of nitrogens with zero attached hydrogens (tertiary/aromatic N) is 1. The number of hydrogen-bond acceptors (Lipinski definition) is 6. The summed E-state index contributed by atoms with van der Waals surface area (Å²) >= 11 is 0. The average molecular weight is 360 g/mol. The lowest BCUT2D eigenvalue weighted by Crippen LogP contribution is -2.25. The molecular weight excluding hydrogens is 340 g/mol. The van der Waals surface area contributed by atoms with Crippen LogP contribution in [0.4, 0.5) is 5.69 Å². The van der Waals surface area contributed by atoms with E-state index in [1.807, 2.05) is 0 Å². The number of carbonyl (C=O) groups excluding carboxylic acids is 2. The van der Waals surface area contributed by atoms with E-state index in [1.54, 1.807) is 27.7 Å². The molecule has 0 saturated carbocycles. The molecule has 1 atom stereocenters. The summed E-state index contributed by atoms with van der Waals surface area (Å²) in [6.07, 6.45) is -0.899. The van der Waals surface area contributed by atoms with Crippen LogP contribution < -0.4 is 4.74 Å². The van der Waals surface area contributed by atoms with Crippen LogP contribution in [0.5, 0.6) is 5.75 Å². The highest BCUT2D eigenvalue weighted by molar-refractivity contribution is 6.03. The summed E-state index contributed by atoms with van der Waals surface area (Å²) in [4.78, 5) is 37.9. The smallest absolute Gasteiger partial charge is 0.340 e. The van der Waals surface area contributed by atoms with E-state index in [1.165, 1.54) is 24.3 Å². The van der Waals surface area contributed by atoms with Gasteiger partial charge in [0.1, 0.15) is 5.75 Å². The molecule has 0 unspecified atom stereocenters. The third-order valence-electron chi connectivity index (χ3n) is 3.87. The molecule has 1 aromatic carbocycles. The number of rotatable bonds is 7. The van der Waals surface area contributed by atoms with Crippen molar-refractivity contribution in [3.63, 3.8) is 0 Å². The van der Waals surface area contributed by atoms with Crippen molar-refractivity contribution in [1.29, 1.82) is 0 Å². The Labute approximate surface area is 150 Å². The second-order valence-corrected chi connectivity index (χ2v) is 5.72. The number of Topliss-reactive ketones (excluding diaryl/α,β-unsaturated/α-hetero) is 1. The average Bonchev–Trinajstić information content (AvgIpc) is 2.89. The van der Waals surface area contributed by atoms with Crippen molar-refractivity contribution >= 4 is 17.4 Å². The molecule has 1 aromatic heterocycles. The summed E-state index contributed by atoms with van der Waals surface area (Å²) in [5.41, 5.74) is 1.48. The fraction of sp³-hybridized carbons (Fsp3) is 0.333. The lowest BCUT2D eigenvalue weighted by molar-refractivity contribution is -0.384. The summed E-state index contributed by atoms with van der Waals surface area (Å²) < 4.78 is 10.6. The summed E-state index contributed by atoms with van der Waals surface area (Å²) in [7, 11) is 0. The van der Waals surface area contributed by atoms with E-state index in [0.29, 0.717) is 16.8 Å². The number of nitro groups is 1. The summed E-state index contributed by atoms with van der Waals surface area (Å²) in [6, 6.07) is 5.60. The summed E-state index contributed by atoms with van der Waals surface area (Å²) in [5, 5.41) is 10.8. The van der Waals surface area contributed by atoms with Gasteiger partial charge >= 0.3 is 5.97 Å². The maximum absolute atomic E-state index is 12.7. The quantitative estimate of drug-likeness (QED) is 0.351. The molecule has 0 aliphatic heterocycles. The van der Waals surface area contributed by atoms with Crippen molar-refractivity contribution in [2.45, 2.75) is 33.8 Å². The van der Waals surface area contributed by atoms with Gasteiger partial charge in [-0.05, 0) is 39.3 Å². The molecule has 2 aromatic rings. The first-order valence-corrected chi connectivity index (χ1v) is 8.07. The van der Waals surface area contributed by atoms with Gasteiger partial charge in [-0.25, -0.2) is 4.79 Å². The molecule has 0 saturated heterocycles. The van der Waals surface area contributed by atoms with Crippen molar-refractivity contribution in [1.82, 2.24) is 4.98 Å². The second kappa shape index (κ2) is 7.81. The third kappa shape index (κ3) is 3.90. The second-order valence-electron chi connectivity index (χ2n) is 5.72. The zero-order valence-electron chi connectivity index (χ0n) is 15.0. The Morgan fingerprint density at radius 1 is 1.31 bits per heavy atom. The van der Waals surface area contributed by atoms with Crippen LogP contribution in [0.1, 0.15) is 46.0 Å². The van der Waals surface area contributed by atoms with Crippen LogP contribution in [0, 0.1) is 24.0 Å².